The minimum Gasteiger partial charge on any atom is -0.465 e. The molecule has 0 saturated carbocycles. The van der Waals surface area contributed by atoms with E-state index < -0.39 is 5.97 Å². The number of anilines is 1. The number of esters is 1. The average Bonchev–Trinajstić information content (AvgIpc) is 2.54. The standard InChI is InChI=1S/C16H23N3O3/c1-12(2)18-8-10-19(11-9-18)16(21)17-14-7-5-4-6-13(14)15(20)22-3/h4-7,12H,8-11H2,1-3H3,(H,17,21). The van der Waals surface area contributed by atoms with E-state index in [0.29, 0.717) is 30.4 Å². The molecular formula is C16H23N3O3. The molecule has 6 nitrogen and oxygen atoms in total. The van der Waals surface area contributed by atoms with Gasteiger partial charge in [0.15, 0.2) is 0 Å². The Labute approximate surface area is 131 Å². The molecule has 0 unspecified atom stereocenters. The first-order valence-corrected chi connectivity index (χ1v) is 7.50. The van der Waals surface area contributed by atoms with E-state index in [1.165, 1.54) is 7.11 Å². The summed E-state index contributed by atoms with van der Waals surface area (Å²) in [7, 11) is 1.33. The third kappa shape index (κ3) is 3.76. The third-order valence-corrected chi connectivity index (χ3v) is 3.91. The lowest BCUT2D eigenvalue weighted by Gasteiger charge is -2.36. The fourth-order valence-corrected chi connectivity index (χ4v) is 2.52. The van der Waals surface area contributed by atoms with Gasteiger partial charge in [-0.15, -0.1) is 0 Å². The number of para-hydroxylation sites is 1. The molecule has 0 spiro atoms. The molecule has 1 fully saturated rings. The molecule has 1 N–H and O–H groups in total. The second-order valence-electron chi connectivity index (χ2n) is 5.58. The Hall–Kier alpha value is -2.08. The molecule has 1 aromatic carbocycles. The number of amides is 2. The Bertz CT molecular complexity index is 537. The van der Waals surface area contributed by atoms with Gasteiger partial charge >= 0.3 is 12.0 Å². The molecule has 6 heteroatoms. The number of rotatable bonds is 3. The highest BCUT2D eigenvalue weighted by atomic mass is 16.5. The largest absolute Gasteiger partial charge is 0.465 e. The number of carbonyl (C=O) groups is 2. The predicted molar refractivity (Wildman–Crippen MR) is 85.1 cm³/mol. The second kappa shape index (κ2) is 7.26. The molecule has 0 bridgehead atoms. The van der Waals surface area contributed by atoms with Crippen molar-refractivity contribution in [2.75, 3.05) is 38.6 Å². The lowest BCUT2D eigenvalue weighted by molar-refractivity contribution is 0.0602. The highest BCUT2D eigenvalue weighted by Crippen LogP contribution is 2.17. The van der Waals surface area contributed by atoms with E-state index in [9.17, 15) is 9.59 Å². The Balaban J connectivity index is 2.00. The van der Waals surface area contributed by atoms with E-state index in [2.05, 4.69) is 24.1 Å². The number of methoxy groups -OCH3 is 1. The molecule has 1 heterocycles. The van der Waals surface area contributed by atoms with Crippen molar-refractivity contribution in [1.82, 2.24) is 9.80 Å². The number of hydrogen-bond donors (Lipinski definition) is 1. The summed E-state index contributed by atoms with van der Waals surface area (Å²) in [6, 6.07) is 7.17. The van der Waals surface area contributed by atoms with Gasteiger partial charge in [0, 0.05) is 32.2 Å². The molecule has 0 aromatic heterocycles. The summed E-state index contributed by atoms with van der Waals surface area (Å²) in [6.45, 7) is 7.41. The highest BCUT2D eigenvalue weighted by Gasteiger charge is 2.23. The van der Waals surface area contributed by atoms with Crippen LogP contribution in [0.15, 0.2) is 24.3 Å². The summed E-state index contributed by atoms with van der Waals surface area (Å²) in [5, 5.41) is 2.81. The number of nitrogens with one attached hydrogen (secondary N) is 1. The van der Waals surface area contributed by atoms with Crippen LogP contribution in [-0.4, -0.2) is 61.1 Å². The summed E-state index contributed by atoms with van der Waals surface area (Å²) in [5.41, 5.74) is 0.838. The normalized spacial score (nSPS) is 15.7. The van der Waals surface area contributed by atoms with Gasteiger partial charge in [-0.05, 0) is 26.0 Å². The van der Waals surface area contributed by atoms with Crippen molar-refractivity contribution in [3.63, 3.8) is 0 Å². The van der Waals surface area contributed by atoms with Gasteiger partial charge in [-0.1, -0.05) is 12.1 Å². The van der Waals surface area contributed by atoms with Crippen molar-refractivity contribution in [1.29, 1.82) is 0 Å². The Morgan fingerprint density at radius 3 is 2.36 bits per heavy atom. The van der Waals surface area contributed by atoms with Gasteiger partial charge in [-0.3, -0.25) is 4.90 Å². The number of nitrogens with zero attached hydrogens (tertiary/aromatic N) is 2. The van der Waals surface area contributed by atoms with E-state index in [4.69, 9.17) is 4.74 Å². The van der Waals surface area contributed by atoms with E-state index >= 15 is 0 Å². The quantitative estimate of drug-likeness (QED) is 0.868. The van der Waals surface area contributed by atoms with Crippen molar-refractivity contribution in [2.45, 2.75) is 19.9 Å². The first kappa shape index (κ1) is 16.3. The summed E-state index contributed by atoms with van der Waals surface area (Å²) < 4.78 is 4.73. The molecule has 0 atom stereocenters. The fourth-order valence-electron chi connectivity index (χ4n) is 2.52. The van der Waals surface area contributed by atoms with Crippen LogP contribution in [0.2, 0.25) is 0 Å². The molecule has 1 saturated heterocycles. The maximum absolute atomic E-state index is 12.4. The number of piperazine rings is 1. The summed E-state index contributed by atoms with van der Waals surface area (Å²) in [6.07, 6.45) is 0. The number of carbonyl (C=O) groups excluding carboxylic acids is 2. The Morgan fingerprint density at radius 2 is 1.77 bits per heavy atom. The molecule has 1 aromatic rings. The minimum atomic E-state index is -0.458. The number of benzene rings is 1. The van der Waals surface area contributed by atoms with Crippen LogP contribution in [0.3, 0.4) is 0 Å². The van der Waals surface area contributed by atoms with Crippen LogP contribution in [0.1, 0.15) is 24.2 Å². The Kier molecular flexibility index (Phi) is 5.38. The van der Waals surface area contributed by atoms with Crippen LogP contribution >= 0.6 is 0 Å². The monoisotopic (exact) mass is 305 g/mol. The predicted octanol–water partition coefficient (Wildman–Crippen LogP) is 2.03. The highest BCUT2D eigenvalue weighted by molar-refractivity contribution is 6.00. The lowest BCUT2D eigenvalue weighted by Crippen LogP contribution is -2.51. The van der Waals surface area contributed by atoms with Gasteiger partial charge in [-0.25, -0.2) is 9.59 Å². The molecule has 1 aliphatic rings. The molecular weight excluding hydrogens is 282 g/mol. The molecule has 0 aliphatic carbocycles. The van der Waals surface area contributed by atoms with E-state index in [1.807, 2.05) is 0 Å². The van der Waals surface area contributed by atoms with E-state index in [-0.39, 0.29) is 6.03 Å². The zero-order valence-electron chi connectivity index (χ0n) is 13.3. The van der Waals surface area contributed by atoms with Gasteiger partial charge < -0.3 is 15.0 Å². The maximum atomic E-state index is 12.4. The van der Waals surface area contributed by atoms with Crippen LogP contribution < -0.4 is 5.32 Å². The molecule has 2 amide bonds. The third-order valence-electron chi connectivity index (χ3n) is 3.91. The van der Waals surface area contributed by atoms with Crippen LogP contribution in [-0.2, 0) is 4.74 Å². The summed E-state index contributed by atoms with van der Waals surface area (Å²) in [4.78, 5) is 28.2. The average molecular weight is 305 g/mol. The van der Waals surface area contributed by atoms with Crippen molar-refractivity contribution < 1.29 is 14.3 Å². The first-order valence-electron chi connectivity index (χ1n) is 7.50. The number of hydrogen-bond acceptors (Lipinski definition) is 4. The van der Waals surface area contributed by atoms with Crippen molar-refractivity contribution in [3.05, 3.63) is 29.8 Å². The topological polar surface area (TPSA) is 61.9 Å². The maximum Gasteiger partial charge on any atom is 0.339 e. The Morgan fingerprint density at radius 1 is 1.14 bits per heavy atom. The van der Waals surface area contributed by atoms with Gasteiger partial charge in [0.25, 0.3) is 0 Å². The van der Waals surface area contributed by atoms with Gasteiger partial charge in [-0.2, -0.15) is 0 Å². The van der Waals surface area contributed by atoms with Gasteiger partial charge in [0.05, 0.1) is 18.4 Å². The zero-order valence-corrected chi connectivity index (χ0v) is 13.3. The summed E-state index contributed by atoms with van der Waals surface area (Å²) >= 11 is 0. The first-order chi connectivity index (χ1) is 10.5. The number of urea groups is 1. The molecule has 22 heavy (non-hydrogen) atoms. The zero-order chi connectivity index (χ0) is 16.1. The molecule has 1 aliphatic heterocycles. The van der Waals surface area contributed by atoms with E-state index in [0.717, 1.165) is 13.1 Å². The van der Waals surface area contributed by atoms with Crippen molar-refractivity contribution in [3.8, 4) is 0 Å². The number of ether oxygens (including phenoxy) is 1. The second-order valence-corrected chi connectivity index (χ2v) is 5.58. The van der Waals surface area contributed by atoms with Crippen LogP contribution in [0.25, 0.3) is 0 Å². The SMILES string of the molecule is COC(=O)c1ccccc1NC(=O)N1CCN(C(C)C)CC1. The molecule has 2 rings (SSSR count). The molecule has 120 valence electrons. The van der Waals surface area contributed by atoms with Crippen molar-refractivity contribution in [2.24, 2.45) is 0 Å². The fraction of sp³-hybridized carbons (Fsp3) is 0.500. The van der Waals surface area contributed by atoms with Crippen LogP contribution in [0.4, 0.5) is 10.5 Å². The van der Waals surface area contributed by atoms with Gasteiger partial charge in [0.1, 0.15) is 0 Å². The lowest BCUT2D eigenvalue weighted by atomic mass is 10.2. The summed E-state index contributed by atoms with van der Waals surface area (Å²) in [5.74, 6) is -0.458. The smallest absolute Gasteiger partial charge is 0.339 e. The van der Waals surface area contributed by atoms with Crippen LogP contribution in [0.5, 0.6) is 0 Å². The van der Waals surface area contributed by atoms with Crippen LogP contribution in [0, 0.1) is 0 Å². The van der Waals surface area contributed by atoms with E-state index in [1.54, 1.807) is 29.2 Å². The minimum absolute atomic E-state index is 0.181. The van der Waals surface area contributed by atoms with Crippen molar-refractivity contribution >= 4 is 17.7 Å². The molecule has 0 radical (unpaired) electrons. The van der Waals surface area contributed by atoms with Gasteiger partial charge in [0.2, 0.25) is 0 Å².